The Bertz CT molecular complexity index is 1650. The highest BCUT2D eigenvalue weighted by atomic mass is 35.5. The maximum atomic E-state index is 13.5. The van der Waals surface area contributed by atoms with Gasteiger partial charge in [0.25, 0.3) is 5.56 Å². The maximum Gasteiger partial charge on any atom is 0.282 e. The fourth-order valence-electron chi connectivity index (χ4n) is 3.83. The van der Waals surface area contributed by atoms with E-state index < -0.39 is 0 Å². The molecule has 0 saturated heterocycles. The van der Waals surface area contributed by atoms with Crippen LogP contribution in [0.2, 0.25) is 5.02 Å². The summed E-state index contributed by atoms with van der Waals surface area (Å²) < 4.78 is 18.6. The zero-order valence-electron chi connectivity index (χ0n) is 20.1. The summed E-state index contributed by atoms with van der Waals surface area (Å²) in [5.41, 5.74) is 1.55. The van der Waals surface area contributed by atoms with Gasteiger partial charge in [0.1, 0.15) is 17.1 Å². The van der Waals surface area contributed by atoms with Gasteiger partial charge in [0, 0.05) is 0 Å². The van der Waals surface area contributed by atoms with Crippen molar-refractivity contribution in [2.24, 2.45) is 5.10 Å². The standard InChI is InChI=1S/C28H24ClN3O4/c1-4-17(2)35-25-13-12-18(14-21(25)29)16-30-32-27(31-22-9-6-5-8-19(22)28(32)33)26-15-20-23(34-3)10-7-11-24(20)36-26/h5-17H,4H2,1-3H3/t17-/m0/s1. The molecule has 3 aromatic carbocycles. The molecule has 0 fully saturated rings. The molecule has 0 bridgehead atoms. The lowest BCUT2D eigenvalue weighted by Gasteiger charge is -2.14. The Morgan fingerprint density at radius 3 is 2.69 bits per heavy atom. The Kier molecular flexibility index (Phi) is 6.48. The monoisotopic (exact) mass is 501 g/mol. The molecule has 0 aliphatic heterocycles. The number of hydrogen-bond donors (Lipinski definition) is 0. The topological polar surface area (TPSA) is 78.8 Å². The molecule has 0 amide bonds. The van der Waals surface area contributed by atoms with E-state index in [4.69, 9.17) is 30.5 Å². The van der Waals surface area contributed by atoms with E-state index in [9.17, 15) is 4.79 Å². The van der Waals surface area contributed by atoms with Gasteiger partial charge in [0.2, 0.25) is 5.82 Å². The number of rotatable bonds is 7. The van der Waals surface area contributed by atoms with Gasteiger partial charge >= 0.3 is 0 Å². The second-order valence-electron chi connectivity index (χ2n) is 8.32. The third-order valence-electron chi connectivity index (χ3n) is 5.90. The summed E-state index contributed by atoms with van der Waals surface area (Å²) in [5.74, 6) is 1.93. The number of nitrogens with zero attached hydrogens (tertiary/aromatic N) is 3. The van der Waals surface area contributed by atoms with E-state index >= 15 is 0 Å². The van der Waals surface area contributed by atoms with Crippen LogP contribution in [-0.2, 0) is 0 Å². The van der Waals surface area contributed by atoms with Crippen molar-refractivity contribution in [2.75, 3.05) is 7.11 Å². The zero-order valence-corrected chi connectivity index (χ0v) is 20.8. The van der Waals surface area contributed by atoms with Crippen LogP contribution in [0.4, 0.5) is 0 Å². The van der Waals surface area contributed by atoms with E-state index in [2.05, 4.69) is 5.10 Å². The number of benzene rings is 3. The van der Waals surface area contributed by atoms with Crippen molar-refractivity contribution in [1.82, 2.24) is 9.66 Å². The summed E-state index contributed by atoms with van der Waals surface area (Å²) in [7, 11) is 1.60. The zero-order chi connectivity index (χ0) is 25.2. The summed E-state index contributed by atoms with van der Waals surface area (Å²) in [6, 6.07) is 19.8. The fourth-order valence-corrected chi connectivity index (χ4v) is 4.06. The molecule has 36 heavy (non-hydrogen) atoms. The molecule has 2 aromatic heterocycles. The minimum Gasteiger partial charge on any atom is -0.496 e. The largest absolute Gasteiger partial charge is 0.496 e. The lowest BCUT2D eigenvalue weighted by molar-refractivity contribution is 0.217. The van der Waals surface area contributed by atoms with Crippen molar-refractivity contribution < 1.29 is 13.9 Å². The quantitative estimate of drug-likeness (QED) is 0.237. The van der Waals surface area contributed by atoms with Crippen LogP contribution in [0, 0.1) is 0 Å². The summed E-state index contributed by atoms with van der Waals surface area (Å²) in [6.07, 6.45) is 2.48. The van der Waals surface area contributed by atoms with Crippen LogP contribution in [0.5, 0.6) is 11.5 Å². The van der Waals surface area contributed by atoms with Gasteiger partial charge in [-0.25, -0.2) is 4.98 Å². The number of para-hydroxylation sites is 1. The molecule has 0 N–H and O–H groups in total. The number of methoxy groups -OCH3 is 1. The summed E-state index contributed by atoms with van der Waals surface area (Å²) in [5, 5.41) is 6.18. The summed E-state index contributed by atoms with van der Waals surface area (Å²) in [4.78, 5) is 18.2. The van der Waals surface area contributed by atoms with Crippen molar-refractivity contribution in [3.05, 3.63) is 87.7 Å². The van der Waals surface area contributed by atoms with Gasteiger partial charge in [0.15, 0.2) is 5.76 Å². The molecule has 8 heteroatoms. The van der Waals surface area contributed by atoms with Gasteiger partial charge < -0.3 is 13.9 Å². The maximum absolute atomic E-state index is 13.5. The highest BCUT2D eigenvalue weighted by molar-refractivity contribution is 6.32. The third-order valence-corrected chi connectivity index (χ3v) is 6.19. The highest BCUT2D eigenvalue weighted by Gasteiger charge is 2.18. The molecule has 7 nitrogen and oxygen atoms in total. The number of halogens is 1. The van der Waals surface area contributed by atoms with Crippen molar-refractivity contribution in [3.8, 4) is 23.1 Å². The number of hydrogen-bond acceptors (Lipinski definition) is 6. The first-order valence-corrected chi connectivity index (χ1v) is 12.0. The van der Waals surface area contributed by atoms with Gasteiger partial charge in [-0.1, -0.05) is 36.7 Å². The summed E-state index contributed by atoms with van der Waals surface area (Å²) in [6.45, 7) is 4.03. The van der Waals surface area contributed by atoms with E-state index in [0.717, 1.165) is 11.8 Å². The molecule has 5 aromatic rings. The van der Waals surface area contributed by atoms with Crippen molar-refractivity contribution in [3.63, 3.8) is 0 Å². The van der Waals surface area contributed by atoms with Crippen LogP contribution in [0.25, 0.3) is 33.5 Å². The lowest BCUT2D eigenvalue weighted by atomic mass is 10.2. The molecular weight excluding hydrogens is 478 g/mol. The molecule has 0 spiro atoms. The SMILES string of the molecule is CC[C@H](C)Oc1ccc(C=Nn2c(-c3cc4c(OC)cccc4o3)nc3ccccc3c2=O)cc1Cl. The van der Waals surface area contributed by atoms with Crippen LogP contribution in [0.3, 0.4) is 0 Å². The van der Waals surface area contributed by atoms with Gasteiger partial charge in [-0.05, 0) is 67.4 Å². The van der Waals surface area contributed by atoms with Crippen LogP contribution in [0.1, 0.15) is 25.8 Å². The van der Waals surface area contributed by atoms with E-state index in [1.807, 2.05) is 44.2 Å². The third kappa shape index (κ3) is 4.45. The number of ether oxygens (including phenoxy) is 2. The number of furan rings is 1. The Morgan fingerprint density at radius 2 is 1.92 bits per heavy atom. The Morgan fingerprint density at radius 1 is 1.08 bits per heavy atom. The van der Waals surface area contributed by atoms with Gasteiger partial charge in [-0.3, -0.25) is 4.79 Å². The summed E-state index contributed by atoms with van der Waals surface area (Å²) >= 11 is 6.43. The van der Waals surface area contributed by atoms with Gasteiger partial charge in [-0.15, -0.1) is 0 Å². The molecule has 0 saturated carbocycles. The van der Waals surface area contributed by atoms with E-state index in [1.165, 1.54) is 4.68 Å². The van der Waals surface area contributed by atoms with Gasteiger partial charge in [-0.2, -0.15) is 9.78 Å². The van der Waals surface area contributed by atoms with Crippen LogP contribution < -0.4 is 15.0 Å². The Labute approximate surface area is 212 Å². The highest BCUT2D eigenvalue weighted by Crippen LogP contribution is 2.33. The van der Waals surface area contributed by atoms with Crippen LogP contribution in [-0.4, -0.2) is 29.1 Å². The minimum absolute atomic E-state index is 0.0502. The second-order valence-corrected chi connectivity index (χ2v) is 8.73. The van der Waals surface area contributed by atoms with Crippen molar-refractivity contribution in [2.45, 2.75) is 26.4 Å². The van der Waals surface area contributed by atoms with E-state index in [1.54, 1.807) is 49.7 Å². The Balaban J connectivity index is 1.62. The lowest BCUT2D eigenvalue weighted by Crippen LogP contribution is -2.20. The average Bonchev–Trinajstić information content (AvgIpc) is 3.34. The van der Waals surface area contributed by atoms with E-state index in [0.29, 0.717) is 44.3 Å². The van der Waals surface area contributed by atoms with Crippen molar-refractivity contribution in [1.29, 1.82) is 0 Å². The predicted molar refractivity (Wildman–Crippen MR) is 143 cm³/mol. The molecule has 182 valence electrons. The molecule has 0 unspecified atom stereocenters. The molecule has 0 radical (unpaired) electrons. The molecule has 5 rings (SSSR count). The first kappa shape index (κ1) is 23.6. The van der Waals surface area contributed by atoms with E-state index in [-0.39, 0.29) is 17.5 Å². The smallest absolute Gasteiger partial charge is 0.282 e. The molecule has 0 aliphatic rings. The predicted octanol–water partition coefficient (Wildman–Crippen LogP) is 6.53. The minimum atomic E-state index is -0.318. The van der Waals surface area contributed by atoms with Gasteiger partial charge in [0.05, 0.1) is 40.7 Å². The molecule has 0 aliphatic carbocycles. The molecule has 1 atom stereocenters. The molecular formula is C28H24ClN3O4. The first-order valence-electron chi connectivity index (χ1n) is 11.6. The Hall–Kier alpha value is -4.10. The molecule has 2 heterocycles. The van der Waals surface area contributed by atoms with Crippen LogP contribution in [0.15, 0.2) is 81.0 Å². The fraction of sp³-hybridized carbons (Fsp3) is 0.179. The normalized spacial score (nSPS) is 12.4. The first-order chi connectivity index (χ1) is 17.5. The second kappa shape index (κ2) is 9.87. The number of fused-ring (bicyclic) bond motifs is 2. The van der Waals surface area contributed by atoms with Crippen molar-refractivity contribution >= 4 is 39.7 Å². The number of aromatic nitrogens is 2. The van der Waals surface area contributed by atoms with Crippen LogP contribution >= 0.6 is 11.6 Å². The average molecular weight is 502 g/mol.